The van der Waals surface area contributed by atoms with E-state index >= 15 is 0 Å². The van der Waals surface area contributed by atoms with Gasteiger partial charge >= 0.3 is 0 Å². The molecule has 6 heteroatoms. The Bertz CT molecular complexity index is 566. The average molecular weight is 308 g/mol. The second-order valence-electron chi connectivity index (χ2n) is 5.58. The molecule has 1 aliphatic carbocycles. The van der Waals surface area contributed by atoms with E-state index in [2.05, 4.69) is 16.0 Å². The smallest absolute Gasteiger partial charge is 0.253 e. The maximum absolute atomic E-state index is 12.1. The van der Waals surface area contributed by atoms with Crippen molar-refractivity contribution in [2.75, 3.05) is 11.9 Å². The highest BCUT2D eigenvalue weighted by Crippen LogP contribution is 2.24. The molecule has 1 saturated heterocycles. The maximum atomic E-state index is 12.1. The number of carbonyl (C=O) groups excluding carboxylic acids is 2. The van der Waals surface area contributed by atoms with Crippen LogP contribution in [0.4, 0.5) is 5.69 Å². The average Bonchev–Trinajstić information content (AvgIpc) is 3.10. The summed E-state index contributed by atoms with van der Waals surface area (Å²) in [6.45, 7) is 0.869. The van der Waals surface area contributed by atoms with Crippen LogP contribution < -0.4 is 16.0 Å². The molecular formula is C15H18ClN3O2. The third-order valence-corrected chi connectivity index (χ3v) is 4.10. The van der Waals surface area contributed by atoms with Gasteiger partial charge in [0, 0.05) is 11.7 Å². The molecule has 1 unspecified atom stereocenters. The molecule has 2 aliphatic rings. The van der Waals surface area contributed by atoms with E-state index in [0.29, 0.717) is 16.3 Å². The van der Waals surface area contributed by atoms with Crippen LogP contribution in [-0.4, -0.2) is 30.4 Å². The number of carbonyl (C=O) groups is 2. The number of rotatable bonds is 4. The van der Waals surface area contributed by atoms with Crippen molar-refractivity contribution in [3.8, 4) is 0 Å². The van der Waals surface area contributed by atoms with Gasteiger partial charge in [-0.1, -0.05) is 11.6 Å². The highest BCUT2D eigenvalue weighted by atomic mass is 35.5. The number of hydrogen-bond acceptors (Lipinski definition) is 3. The fourth-order valence-corrected chi connectivity index (χ4v) is 2.61. The van der Waals surface area contributed by atoms with Gasteiger partial charge in [-0.3, -0.25) is 9.59 Å². The summed E-state index contributed by atoms with van der Waals surface area (Å²) in [6, 6.07) is 5.11. The summed E-state index contributed by atoms with van der Waals surface area (Å²) in [7, 11) is 0. The van der Waals surface area contributed by atoms with Crippen molar-refractivity contribution < 1.29 is 9.59 Å². The van der Waals surface area contributed by atoms with Crippen LogP contribution in [0.3, 0.4) is 0 Å². The Morgan fingerprint density at radius 2 is 2.05 bits per heavy atom. The molecular weight excluding hydrogens is 290 g/mol. The van der Waals surface area contributed by atoms with E-state index in [0.717, 1.165) is 32.2 Å². The lowest BCUT2D eigenvalue weighted by molar-refractivity contribution is -0.117. The van der Waals surface area contributed by atoms with Crippen LogP contribution in [0.5, 0.6) is 0 Å². The molecule has 0 spiro atoms. The van der Waals surface area contributed by atoms with Gasteiger partial charge in [-0.15, -0.1) is 0 Å². The van der Waals surface area contributed by atoms with Gasteiger partial charge in [0.25, 0.3) is 5.91 Å². The van der Waals surface area contributed by atoms with Crippen LogP contribution in [0, 0.1) is 0 Å². The van der Waals surface area contributed by atoms with Crippen LogP contribution >= 0.6 is 11.6 Å². The first-order valence-electron chi connectivity index (χ1n) is 7.28. The molecule has 5 nitrogen and oxygen atoms in total. The molecule has 1 aromatic carbocycles. The van der Waals surface area contributed by atoms with Crippen molar-refractivity contribution in [2.24, 2.45) is 0 Å². The van der Waals surface area contributed by atoms with Gasteiger partial charge in [-0.25, -0.2) is 0 Å². The lowest BCUT2D eigenvalue weighted by atomic mass is 10.1. The molecule has 2 amide bonds. The van der Waals surface area contributed by atoms with Gasteiger partial charge in [0.05, 0.1) is 16.6 Å². The van der Waals surface area contributed by atoms with Gasteiger partial charge in [-0.05, 0) is 50.4 Å². The van der Waals surface area contributed by atoms with Gasteiger partial charge in [0.15, 0.2) is 0 Å². The molecule has 0 aromatic heterocycles. The quantitative estimate of drug-likeness (QED) is 0.796. The van der Waals surface area contributed by atoms with E-state index in [1.54, 1.807) is 18.2 Å². The molecule has 1 atom stereocenters. The Labute approximate surface area is 128 Å². The van der Waals surface area contributed by atoms with Crippen LogP contribution in [0.2, 0.25) is 5.02 Å². The maximum Gasteiger partial charge on any atom is 0.253 e. The molecule has 1 aromatic rings. The molecule has 112 valence electrons. The Balaban J connectivity index is 1.70. The first-order chi connectivity index (χ1) is 10.1. The molecule has 1 saturated carbocycles. The lowest BCUT2D eigenvalue weighted by Gasteiger charge is -2.13. The molecule has 0 bridgehead atoms. The molecule has 2 fully saturated rings. The van der Waals surface area contributed by atoms with Crippen LogP contribution in [0.15, 0.2) is 18.2 Å². The second kappa shape index (κ2) is 6.03. The molecule has 1 heterocycles. The summed E-state index contributed by atoms with van der Waals surface area (Å²) in [5.41, 5.74) is 1.000. The second-order valence-corrected chi connectivity index (χ2v) is 5.99. The fraction of sp³-hybridized carbons (Fsp3) is 0.467. The Morgan fingerprint density at radius 1 is 1.24 bits per heavy atom. The predicted molar refractivity (Wildman–Crippen MR) is 81.6 cm³/mol. The van der Waals surface area contributed by atoms with E-state index in [9.17, 15) is 9.59 Å². The van der Waals surface area contributed by atoms with E-state index in [1.165, 1.54) is 0 Å². The molecule has 3 rings (SSSR count). The number of nitrogens with one attached hydrogen (secondary N) is 3. The zero-order valence-corrected chi connectivity index (χ0v) is 12.4. The zero-order valence-electron chi connectivity index (χ0n) is 11.6. The summed E-state index contributed by atoms with van der Waals surface area (Å²) >= 11 is 6.07. The monoisotopic (exact) mass is 307 g/mol. The molecule has 1 aliphatic heterocycles. The highest BCUT2D eigenvalue weighted by Gasteiger charge is 2.25. The van der Waals surface area contributed by atoms with Crippen molar-refractivity contribution in [1.29, 1.82) is 0 Å². The molecule has 3 N–H and O–H groups in total. The summed E-state index contributed by atoms with van der Waals surface area (Å²) in [4.78, 5) is 24.2. The van der Waals surface area contributed by atoms with Crippen molar-refractivity contribution in [1.82, 2.24) is 10.6 Å². The standard InChI is InChI=1S/C15H18ClN3O2/c16-12-6-5-10(19-15(21)13-2-1-7-17-13)8-11(12)14(20)18-9-3-4-9/h5-6,8-9,13,17H,1-4,7H2,(H,18,20)(H,19,21). The topological polar surface area (TPSA) is 70.2 Å². The number of amides is 2. The van der Waals surface area contributed by atoms with Crippen LogP contribution in [0.25, 0.3) is 0 Å². The Kier molecular flexibility index (Phi) is 4.12. The van der Waals surface area contributed by atoms with Gasteiger partial charge < -0.3 is 16.0 Å². The summed E-state index contributed by atoms with van der Waals surface area (Å²) in [5, 5.41) is 9.27. The van der Waals surface area contributed by atoms with E-state index in [4.69, 9.17) is 11.6 Å². The summed E-state index contributed by atoms with van der Waals surface area (Å²) in [5.74, 6) is -0.249. The summed E-state index contributed by atoms with van der Waals surface area (Å²) in [6.07, 6.45) is 3.89. The molecule has 0 radical (unpaired) electrons. The first kappa shape index (κ1) is 14.4. The van der Waals surface area contributed by atoms with E-state index in [-0.39, 0.29) is 23.9 Å². The Hall–Kier alpha value is -1.59. The van der Waals surface area contributed by atoms with E-state index < -0.39 is 0 Å². The number of anilines is 1. The minimum absolute atomic E-state index is 0.0663. The first-order valence-corrected chi connectivity index (χ1v) is 7.66. The third-order valence-electron chi connectivity index (χ3n) is 3.77. The largest absolute Gasteiger partial charge is 0.349 e. The highest BCUT2D eigenvalue weighted by molar-refractivity contribution is 6.34. The zero-order chi connectivity index (χ0) is 14.8. The predicted octanol–water partition coefficient (Wildman–Crippen LogP) is 1.92. The Morgan fingerprint density at radius 3 is 2.71 bits per heavy atom. The van der Waals surface area contributed by atoms with Crippen LogP contribution in [0.1, 0.15) is 36.0 Å². The van der Waals surface area contributed by atoms with E-state index in [1.807, 2.05) is 0 Å². The van der Waals surface area contributed by atoms with Gasteiger partial charge in [-0.2, -0.15) is 0 Å². The lowest BCUT2D eigenvalue weighted by Crippen LogP contribution is -2.35. The van der Waals surface area contributed by atoms with Crippen molar-refractivity contribution >= 4 is 29.1 Å². The minimum Gasteiger partial charge on any atom is -0.349 e. The SMILES string of the molecule is O=C(NC1CC1)c1cc(NC(=O)C2CCCN2)ccc1Cl. The third kappa shape index (κ3) is 3.54. The summed E-state index contributed by atoms with van der Waals surface area (Å²) < 4.78 is 0. The molecule has 21 heavy (non-hydrogen) atoms. The van der Waals surface area contributed by atoms with Crippen LogP contribution in [-0.2, 0) is 4.79 Å². The minimum atomic E-state index is -0.183. The van der Waals surface area contributed by atoms with Gasteiger partial charge in [0.1, 0.15) is 0 Å². The van der Waals surface area contributed by atoms with Gasteiger partial charge in [0.2, 0.25) is 5.91 Å². The van der Waals surface area contributed by atoms with Crippen molar-refractivity contribution in [3.63, 3.8) is 0 Å². The number of benzene rings is 1. The number of hydrogen-bond donors (Lipinski definition) is 3. The fourth-order valence-electron chi connectivity index (χ4n) is 2.41. The normalized spacial score (nSPS) is 21.1. The van der Waals surface area contributed by atoms with Crippen molar-refractivity contribution in [2.45, 2.75) is 37.8 Å². The van der Waals surface area contributed by atoms with Crippen molar-refractivity contribution in [3.05, 3.63) is 28.8 Å². The number of halogens is 1.